The van der Waals surface area contributed by atoms with Gasteiger partial charge in [0.25, 0.3) is 5.91 Å². The Balaban J connectivity index is 2.34. The molecule has 0 unspecified atom stereocenters. The van der Waals surface area contributed by atoms with E-state index < -0.39 is 0 Å². The zero-order valence-corrected chi connectivity index (χ0v) is 10.6. The van der Waals surface area contributed by atoms with Crippen LogP contribution in [0.15, 0.2) is 42.6 Å². The van der Waals surface area contributed by atoms with Crippen LogP contribution in [0.2, 0.25) is 5.02 Å². The zero-order valence-electron chi connectivity index (χ0n) is 9.80. The van der Waals surface area contributed by atoms with Crippen molar-refractivity contribution in [2.75, 3.05) is 17.7 Å². The van der Waals surface area contributed by atoms with Crippen LogP contribution in [0.25, 0.3) is 0 Å². The van der Waals surface area contributed by atoms with Gasteiger partial charge in [0.2, 0.25) is 0 Å². The molecule has 0 saturated heterocycles. The summed E-state index contributed by atoms with van der Waals surface area (Å²) in [6.07, 6.45) is 1.63. The molecule has 0 saturated carbocycles. The first-order valence-electron chi connectivity index (χ1n) is 5.33. The number of nitrogens with zero attached hydrogens (tertiary/aromatic N) is 2. The highest BCUT2D eigenvalue weighted by Gasteiger charge is 2.17. The summed E-state index contributed by atoms with van der Waals surface area (Å²) >= 11 is 6.00. The maximum absolute atomic E-state index is 12.3. The summed E-state index contributed by atoms with van der Waals surface area (Å²) in [5.41, 5.74) is 6.52. The standard InChI is InChI=1S/C13H12ClN3O/c1-17(12-4-2-3-7-16-12)13(18)10-8-9(15)5-6-11(10)14/h2-8H,15H2,1H3. The number of hydrogen-bond acceptors (Lipinski definition) is 3. The van der Waals surface area contributed by atoms with Gasteiger partial charge in [-0.2, -0.15) is 0 Å². The number of nitrogens with two attached hydrogens (primary N) is 1. The highest BCUT2D eigenvalue weighted by molar-refractivity contribution is 6.34. The number of anilines is 2. The molecule has 1 aromatic heterocycles. The second-order valence-electron chi connectivity index (χ2n) is 3.79. The van der Waals surface area contributed by atoms with Gasteiger partial charge in [0, 0.05) is 18.9 Å². The number of carbonyl (C=O) groups is 1. The summed E-state index contributed by atoms with van der Waals surface area (Å²) in [4.78, 5) is 17.8. The molecule has 18 heavy (non-hydrogen) atoms. The third-order valence-electron chi connectivity index (χ3n) is 2.52. The van der Waals surface area contributed by atoms with E-state index in [1.54, 1.807) is 43.6 Å². The average molecular weight is 262 g/mol. The largest absolute Gasteiger partial charge is 0.399 e. The number of pyridine rings is 1. The van der Waals surface area contributed by atoms with Crippen molar-refractivity contribution in [2.24, 2.45) is 0 Å². The van der Waals surface area contributed by atoms with Crippen molar-refractivity contribution in [1.29, 1.82) is 0 Å². The van der Waals surface area contributed by atoms with Gasteiger partial charge in [-0.3, -0.25) is 9.69 Å². The molecule has 92 valence electrons. The predicted octanol–water partition coefficient (Wildman–Crippen LogP) is 2.59. The van der Waals surface area contributed by atoms with Crippen LogP contribution in [0.3, 0.4) is 0 Å². The minimum Gasteiger partial charge on any atom is -0.399 e. The Labute approximate surface area is 110 Å². The van der Waals surface area contributed by atoms with Crippen molar-refractivity contribution < 1.29 is 4.79 Å². The lowest BCUT2D eigenvalue weighted by Gasteiger charge is -2.16. The summed E-state index contributed by atoms with van der Waals surface area (Å²) < 4.78 is 0. The van der Waals surface area contributed by atoms with Crippen LogP contribution in [-0.2, 0) is 0 Å². The summed E-state index contributed by atoms with van der Waals surface area (Å²) in [6, 6.07) is 10.2. The lowest BCUT2D eigenvalue weighted by molar-refractivity contribution is 0.0992. The van der Waals surface area contributed by atoms with Gasteiger partial charge < -0.3 is 5.73 Å². The van der Waals surface area contributed by atoms with Crippen molar-refractivity contribution >= 4 is 29.0 Å². The Morgan fingerprint density at radius 1 is 1.33 bits per heavy atom. The van der Waals surface area contributed by atoms with E-state index in [4.69, 9.17) is 17.3 Å². The molecule has 0 aliphatic heterocycles. The van der Waals surface area contributed by atoms with E-state index in [0.29, 0.717) is 22.1 Å². The Bertz CT molecular complexity index is 572. The van der Waals surface area contributed by atoms with Gasteiger partial charge in [-0.1, -0.05) is 17.7 Å². The summed E-state index contributed by atoms with van der Waals surface area (Å²) in [6.45, 7) is 0. The topological polar surface area (TPSA) is 59.2 Å². The molecule has 1 heterocycles. The van der Waals surface area contributed by atoms with Crippen molar-refractivity contribution in [3.63, 3.8) is 0 Å². The molecule has 2 aromatic rings. The maximum Gasteiger partial charge on any atom is 0.260 e. The molecule has 4 nitrogen and oxygen atoms in total. The molecular weight excluding hydrogens is 250 g/mol. The van der Waals surface area contributed by atoms with E-state index in [1.165, 1.54) is 4.90 Å². The third kappa shape index (κ3) is 2.43. The van der Waals surface area contributed by atoms with Crippen molar-refractivity contribution in [1.82, 2.24) is 4.98 Å². The Morgan fingerprint density at radius 2 is 2.11 bits per heavy atom. The van der Waals surface area contributed by atoms with Crippen LogP contribution >= 0.6 is 11.6 Å². The van der Waals surface area contributed by atoms with Gasteiger partial charge in [-0.15, -0.1) is 0 Å². The van der Waals surface area contributed by atoms with Crippen molar-refractivity contribution in [3.8, 4) is 0 Å². The Morgan fingerprint density at radius 3 is 2.78 bits per heavy atom. The zero-order chi connectivity index (χ0) is 13.1. The molecule has 2 rings (SSSR count). The molecule has 5 heteroatoms. The quantitative estimate of drug-likeness (QED) is 0.846. The van der Waals surface area contributed by atoms with Crippen LogP contribution < -0.4 is 10.6 Å². The lowest BCUT2D eigenvalue weighted by Crippen LogP contribution is -2.27. The fourth-order valence-corrected chi connectivity index (χ4v) is 1.74. The van der Waals surface area contributed by atoms with Gasteiger partial charge in [0.1, 0.15) is 5.82 Å². The molecule has 0 aliphatic carbocycles. The number of hydrogen-bond donors (Lipinski definition) is 1. The minimum atomic E-state index is -0.244. The van der Waals surface area contributed by atoms with Crippen molar-refractivity contribution in [3.05, 3.63) is 53.2 Å². The molecule has 1 aromatic carbocycles. The molecule has 2 N–H and O–H groups in total. The lowest BCUT2D eigenvalue weighted by atomic mass is 10.2. The monoisotopic (exact) mass is 261 g/mol. The molecule has 0 bridgehead atoms. The maximum atomic E-state index is 12.3. The van der Waals surface area contributed by atoms with E-state index in [0.717, 1.165) is 0 Å². The fraction of sp³-hybridized carbons (Fsp3) is 0.0769. The predicted molar refractivity (Wildman–Crippen MR) is 72.8 cm³/mol. The van der Waals surface area contributed by atoms with Crippen LogP contribution in [0.5, 0.6) is 0 Å². The Kier molecular flexibility index (Phi) is 3.48. The van der Waals surface area contributed by atoms with E-state index in [9.17, 15) is 4.79 Å². The highest BCUT2D eigenvalue weighted by atomic mass is 35.5. The molecular formula is C13H12ClN3O. The molecule has 0 spiro atoms. The average Bonchev–Trinajstić information content (AvgIpc) is 2.41. The van der Waals surface area contributed by atoms with E-state index in [-0.39, 0.29) is 5.91 Å². The minimum absolute atomic E-state index is 0.244. The first-order valence-corrected chi connectivity index (χ1v) is 5.71. The highest BCUT2D eigenvalue weighted by Crippen LogP contribution is 2.21. The number of amides is 1. The van der Waals surface area contributed by atoms with Crippen molar-refractivity contribution in [2.45, 2.75) is 0 Å². The van der Waals surface area contributed by atoms with E-state index in [2.05, 4.69) is 4.98 Å². The molecule has 0 fully saturated rings. The van der Waals surface area contributed by atoms with Crippen LogP contribution in [0, 0.1) is 0 Å². The number of aromatic nitrogens is 1. The van der Waals surface area contributed by atoms with Gasteiger partial charge >= 0.3 is 0 Å². The van der Waals surface area contributed by atoms with Gasteiger partial charge in [0.05, 0.1) is 10.6 Å². The second kappa shape index (κ2) is 5.06. The molecule has 0 aliphatic rings. The molecule has 0 radical (unpaired) electrons. The SMILES string of the molecule is CN(C(=O)c1cc(N)ccc1Cl)c1ccccn1. The van der Waals surface area contributed by atoms with E-state index in [1.807, 2.05) is 6.07 Å². The van der Waals surface area contributed by atoms with E-state index >= 15 is 0 Å². The summed E-state index contributed by atoms with van der Waals surface area (Å²) in [5.74, 6) is 0.312. The third-order valence-corrected chi connectivity index (χ3v) is 2.85. The fourth-order valence-electron chi connectivity index (χ4n) is 1.54. The number of benzene rings is 1. The van der Waals surface area contributed by atoms with Crippen LogP contribution in [0.1, 0.15) is 10.4 Å². The van der Waals surface area contributed by atoms with Crippen LogP contribution in [-0.4, -0.2) is 17.9 Å². The van der Waals surface area contributed by atoms with Gasteiger partial charge in [-0.25, -0.2) is 4.98 Å². The Hall–Kier alpha value is -2.07. The van der Waals surface area contributed by atoms with Gasteiger partial charge in [-0.05, 0) is 30.3 Å². The smallest absolute Gasteiger partial charge is 0.260 e. The number of carbonyl (C=O) groups excluding carboxylic acids is 1. The number of rotatable bonds is 2. The number of halogens is 1. The normalized spacial score (nSPS) is 10.1. The van der Waals surface area contributed by atoms with Crippen LogP contribution in [0.4, 0.5) is 11.5 Å². The second-order valence-corrected chi connectivity index (χ2v) is 4.20. The summed E-state index contributed by atoms with van der Waals surface area (Å²) in [5, 5.41) is 0.372. The first kappa shape index (κ1) is 12.4. The summed E-state index contributed by atoms with van der Waals surface area (Å²) in [7, 11) is 1.64. The molecule has 0 atom stereocenters. The van der Waals surface area contributed by atoms with Gasteiger partial charge in [0.15, 0.2) is 0 Å². The molecule has 1 amide bonds. The number of nitrogen functional groups attached to an aromatic ring is 1. The first-order chi connectivity index (χ1) is 8.59.